The molecule has 1 saturated carbocycles. The second kappa shape index (κ2) is 6.82. The number of aromatic nitrogens is 1. The molecule has 0 saturated heterocycles. The number of nitrogens with one attached hydrogen (secondary N) is 1. The number of aryl methyl sites for hydroxylation is 1. The van der Waals surface area contributed by atoms with Crippen molar-refractivity contribution in [3.8, 4) is 0 Å². The summed E-state index contributed by atoms with van der Waals surface area (Å²) in [5.41, 5.74) is -2.40. The van der Waals surface area contributed by atoms with Crippen LogP contribution >= 0.6 is 0 Å². The van der Waals surface area contributed by atoms with Gasteiger partial charge in [0.15, 0.2) is 0 Å². The number of hydrogen-bond acceptors (Lipinski definition) is 6. The maximum Gasteiger partial charge on any atom is 0.343 e. The van der Waals surface area contributed by atoms with Crippen molar-refractivity contribution in [1.82, 2.24) is 4.57 Å². The largest absolute Gasteiger partial charge is 0.477 e. The van der Waals surface area contributed by atoms with Crippen molar-refractivity contribution in [2.45, 2.75) is 24.8 Å². The Balaban J connectivity index is 2.31. The minimum atomic E-state index is -3.58. The van der Waals surface area contributed by atoms with Crippen LogP contribution in [0.3, 0.4) is 0 Å². The lowest BCUT2D eigenvalue weighted by atomic mass is 10.0. The molecule has 1 aromatic heterocycles. The number of aromatic carboxylic acids is 1. The average molecular weight is 397 g/mol. The molecule has 1 aliphatic carbocycles. The van der Waals surface area contributed by atoms with Gasteiger partial charge in [-0.15, -0.1) is 0 Å². The van der Waals surface area contributed by atoms with E-state index in [9.17, 15) is 33.6 Å². The third kappa shape index (κ3) is 3.28. The van der Waals surface area contributed by atoms with Gasteiger partial charge >= 0.3 is 5.97 Å². The number of aliphatic hydroxyl groups is 1. The molecule has 0 amide bonds. The van der Waals surface area contributed by atoms with Crippen LogP contribution in [0.15, 0.2) is 23.0 Å². The summed E-state index contributed by atoms with van der Waals surface area (Å²) >= 11 is 0. The first-order valence-electron chi connectivity index (χ1n) is 8.38. The van der Waals surface area contributed by atoms with Crippen molar-refractivity contribution in [3.63, 3.8) is 0 Å². The molecule has 3 rings (SSSR count). The van der Waals surface area contributed by atoms with Gasteiger partial charge in [-0.3, -0.25) is 14.9 Å². The number of fused-ring (bicyclic) bond motifs is 1. The molecule has 1 aromatic carbocycles. The number of pyridine rings is 1. The Labute approximate surface area is 156 Å². The van der Waals surface area contributed by atoms with Gasteiger partial charge in [-0.25, -0.2) is 13.6 Å². The zero-order chi connectivity index (χ0) is 20.8. The number of halogens is 2. The van der Waals surface area contributed by atoms with Gasteiger partial charge in [-0.05, 0) is 24.8 Å². The molecule has 1 fully saturated rings. The number of aliphatic hydroxyl groups excluding tert-OH is 1. The fraction of sp³-hybridized carbons (Fsp3) is 0.412. The van der Waals surface area contributed by atoms with Crippen molar-refractivity contribution in [2.24, 2.45) is 13.0 Å². The van der Waals surface area contributed by atoms with Gasteiger partial charge in [0.25, 0.3) is 17.2 Å². The van der Waals surface area contributed by atoms with Gasteiger partial charge in [-0.1, -0.05) is 0 Å². The summed E-state index contributed by atoms with van der Waals surface area (Å²) in [6.07, 6.45) is 0.886. The van der Waals surface area contributed by atoms with Crippen LogP contribution in [0.4, 0.5) is 20.2 Å². The number of carboxylic acid groups (broad SMARTS) is 1. The van der Waals surface area contributed by atoms with E-state index in [0.717, 1.165) is 16.7 Å². The van der Waals surface area contributed by atoms with Crippen molar-refractivity contribution in [1.29, 1.82) is 0 Å². The molecule has 0 spiro atoms. The molecular weight excluding hydrogens is 380 g/mol. The summed E-state index contributed by atoms with van der Waals surface area (Å²) in [5, 5.41) is 32.1. The van der Waals surface area contributed by atoms with E-state index in [1.165, 1.54) is 13.1 Å². The number of alkyl halides is 2. The number of anilines is 1. The van der Waals surface area contributed by atoms with E-state index in [1.807, 2.05) is 0 Å². The maximum atomic E-state index is 14.3. The SMILES string of the molecule is Cn1c(=O)c(C(=O)O)c(NC(C2CC2)C(F)(F)CO)c2cc([N+](=O)[O-])ccc21. The van der Waals surface area contributed by atoms with Gasteiger partial charge in [0, 0.05) is 24.6 Å². The molecule has 0 aliphatic heterocycles. The van der Waals surface area contributed by atoms with E-state index < -0.39 is 52.2 Å². The number of nitro groups is 1. The Bertz CT molecular complexity index is 1030. The molecule has 0 bridgehead atoms. The number of nitro benzene ring substituents is 1. The highest BCUT2D eigenvalue weighted by atomic mass is 19.3. The van der Waals surface area contributed by atoms with Crippen LogP contribution in [-0.4, -0.2) is 44.2 Å². The van der Waals surface area contributed by atoms with Crippen LogP contribution < -0.4 is 10.9 Å². The second-order valence-corrected chi connectivity index (χ2v) is 6.76. The molecule has 2 aromatic rings. The lowest BCUT2D eigenvalue weighted by Crippen LogP contribution is -2.45. The molecule has 0 radical (unpaired) electrons. The minimum Gasteiger partial charge on any atom is -0.477 e. The molecular formula is C17H17F2N3O6. The molecule has 28 heavy (non-hydrogen) atoms. The molecule has 9 nitrogen and oxygen atoms in total. The maximum absolute atomic E-state index is 14.3. The highest BCUT2D eigenvalue weighted by Crippen LogP contribution is 2.42. The zero-order valence-corrected chi connectivity index (χ0v) is 14.7. The number of nitrogens with zero attached hydrogens (tertiary/aromatic N) is 2. The second-order valence-electron chi connectivity index (χ2n) is 6.76. The monoisotopic (exact) mass is 397 g/mol. The van der Waals surface area contributed by atoms with E-state index >= 15 is 0 Å². The number of carbonyl (C=O) groups is 1. The highest BCUT2D eigenvalue weighted by molar-refractivity contribution is 6.05. The molecule has 150 valence electrons. The highest BCUT2D eigenvalue weighted by Gasteiger charge is 2.48. The third-order valence-corrected chi connectivity index (χ3v) is 4.86. The first-order chi connectivity index (χ1) is 13.1. The summed E-state index contributed by atoms with van der Waals surface area (Å²) in [5.74, 6) is -5.76. The summed E-state index contributed by atoms with van der Waals surface area (Å²) in [4.78, 5) is 34.6. The first kappa shape index (κ1) is 19.7. The van der Waals surface area contributed by atoms with Gasteiger partial charge < -0.3 is 20.1 Å². The Morgan fingerprint density at radius 1 is 1.46 bits per heavy atom. The summed E-state index contributed by atoms with van der Waals surface area (Å²) in [7, 11) is 1.29. The fourth-order valence-corrected chi connectivity index (χ4v) is 3.25. The molecule has 1 unspecified atom stereocenters. The number of non-ortho nitro benzene ring substituents is 1. The summed E-state index contributed by atoms with van der Waals surface area (Å²) in [6, 6.07) is 1.80. The predicted octanol–water partition coefficient (Wildman–Crippen LogP) is 1.96. The summed E-state index contributed by atoms with van der Waals surface area (Å²) in [6.45, 7) is -1.47. The van der Waals surface area contributed by atoms with Crippen LogP contribution in [0.2, 0.25) is 0 Å². The Morgan fingerprint density at radius 2 is 2.11 bits per heavy atom. The summed E-state index contributed by atoms with van der Waals surface area (Å²) < 4.78 is 29.5. The van der Waals surface area contributed by atoms with Gasteiger partial charge in [0.1, 0.15) is 12.2 Å². The standard InChI is InChI=1S/C17H17F2N3O6/c1-21-11-5-4-9(22(27)28)6-10(11)13(12(15(21)24)16(25)26)20-14(8-2-3-8)17(18,19)7-23/h4-6,8,14,20,23H,2-3,7H2,1H3,(H,25,26). The van der Waals surface area contributed by atoms with Gasteiger partial charge in [0.05, 0.1) is 22.2 Å². The number of rotatable bonds is 7. The van der Waals surface area contributed by atoms with Crippen molar-refractivity contribution in [3.05, 3.63) is 44.2 Å². The fourth-order valence-electron chi connectivity index (χ4n) is 3.25. The lowest BCUT2D eigenvalue weighted by molar-refractivity contribution is -0.384. The number of benzene rings is 1. The van der Waals surface area contributed by atoms with Gasteiger partial charge in [-0.2, -0.15) is 0 Å². The van der Waals surface area contributed by atoms with Crippen LogP contribution in [0.25, 0.3) is 10.9 Å². The average Bonchev–Trinajstić information content (AvgIpc) is 3.47. The minimum absolute atomic E-state index is 0.0481. The van der Waals surface area contributed by atoms with Crippen LogP contribution in [0.5, 0.6) is 0 Å². The molecule has 3 N–H and O–H groups in total. The Morgan fingerprint density at radius 3 is 2.61 bits per heavy atom. The van der Waals surface area contributed by atoms with E-state index in [0.29, 0.717) is 12.8 Å². The van der Waals surface area contributed by atoms with E-state index in [4.69, 9.17) is 5.11 Å². The van der Waals surface area contributed by atoms with E-state index in [-0.39, 0.29) is 16.6 Å². The zero-order valence-electron chi connectivity index (χ0n) is 14.7. The van der Waals surface area contributed by atoms with Crippen molar-refractivity contribution in [2.75, 3.05) is 11.9 Å². The molecule has 11 heteroatoms. The van der Waals surface area contributed by atoms with E-state index in [1.54, 1.807) is 0 Å². The van der Waals surface area contributed by atoms with Crippen LogP contribution in [-0.2, 0) is 7.05 Å². The molecule has 1 atom stereocenters. The Hall–Kier alpha value is -3.08. The smallest absolute Gasteiger partial charge is 0.343 e. The van der Waals surface area contributed by atoms with Crippen LogP contribution in [0.1, 0.15) is 23.2 Å². The lowest BCUT2D eigenvalue weighted by Gasteiger charge is -2.28. The topological polar surface area (TPSA) is 135 Å². The number of carboxylic acids is 1. The van der Waals surface area contributed by atoms with Crippen molar-refractivity contribution >= 4 is 28.2 Å². The van der Waals surface area contributed by atoms with Crippen LogP contribution in [0, 0.1) is 16.0 Å². The first-order valence-corrected chi connectivity index (χ1v) is 8.38. The Kier molecular flexibility index (Phi) is 4.79. The van der Waals surface area contributed by atoms with Gasteiger partial charge in [0.2, 0.25) is 0 Å². The quantitative estimate of drug-likeness (QED) is 0.480. The normalized spacial score (nSPS) is 15.4. The molecule has 1 aliphatic rings. The third-order valence-electron chi connectivity index (χ3n) is 4.86. The predicted molar refractivity (Wildman–Crippen MR) is 95.0 cm³/mol. The van der Waals surface area contributed by atoms with E-state index in [2.05, 4.69) is 5.32 Å². The molecule has 1 heterocycles. The van der Waals surface area contributed by atoms with Crippen molar-refractivity contribution < 1.29 is 28.7 Å². The number of hydrogen-bond donors (Lipinski definition) is 3.